The molecule has 5 nitrogen and oxygen atoms in total. The molecule has 0 radical (unpaired) electrons. The van der Waals surface area contributed by atoms with Crippen molar-refractivity contribution < 1.29 is 4.79 Å². The van der Waals surface area contributed by atoms with E-state index in [-0.39, 0.29) is 5.91 Å². The van der Waals surface area contributed by atoms with Crippen molar-refractivity contribution in [3.63, 3.8) is 0 Å². The number of fused-ring (bicyclic) bond motifs is 1. The second-order valence-corrected chi connectivity index (χ2v) is 6.91. The van der Waals surface area contributed by atoms with Crippen LogP contribution in [0, 0.1) is 0 Å². The Morgan fingerprint density at radius 1 is 1.04 bits per heavy atom. The minimum absolute atomic E-state index is 0.289. The maximum Gasteiger partial charge on any atom is 0.225 e. The van der Waals surface area contributed by atoms with Crippen LogP contribution in [0.1, 0.15) is 36.3 Å². The van der Waals surface area contributed by atoms with Crippen LogP contribution in [-0.2, 0) is 11.2 Å². The molecule has 1 fully saturated rings. The monoisotopic (exact) mass is 336 g/mol. The lowest BCUT2D eigenvalue weighted by molar-refractivity contribution is -0.131. The van der Waals surface area contributed by atoms with E-state index in [2.05, 4.69) is 39.1 Å². The largest absolute Gasteiger partial charge is 0.341 e. The predicted molar refractivity (Wildman–Crippen MR) is 97.6 cm³/mol. The maximum atomic E-state index is 12.8. The molecule has 1 aromatic carbocycles. The number of carbonyl (C=O) groups excluding carboxylic acids is 1. The highest BCUT2D eigenvalue weighted by Crippen LogP contribution is 2.35. The Morgan fingerprint density at radius 2 is 1.88 bits per heavy atom. The average molecular weight is 336 g/mol. The molecule has 2 aromatic rings. The molecule has 130 valence electrons. The average Bonchev–Trinajstić information content (AvgIpc) is 2.90. The molecule has 0 saturated carbocycles. The zero-order valence-corrected chi connectivity index (χ0v) is 14.5. The smallest absolute Gasteiger partial charge is 0.225 e. The fourth-order valence-electron chi connectivity index (χ4n) is 4.02. The van der Waals surface area contributed by atoms with Gasteiger partial charge < -0.3 is 9.80 Å². The molecule has 25 heavy (non-hydrogen) atoms. The summed E-state index contributed by atoms with van der Waals surface area (Å²) < 4.78 is 0. The van der Waals surface area contributed by atoms with Gasteiger partial charge in [0.1, 0.15) is 0 Å². The van der Waals surface area contributed by atoms with Crippen molar-refractivity contribution in [2.45, 2.75) is 31.6 Å². The molecule has 2 heterocycles. The van der Waals surface area contributed by atoms with Gasteiger partial charge in [0, 0.05) is 45.0 Å². The van der Waals surface area contributed by atoms with Crippen molar-refractivity contribution in [3.05, 3.63) is 53.9 Å². The van der Waals surface area contributed by atoms with E-state index in [1.807, 2.05) is 11.0 Å². The highest BCUT2D eigenvalue weighted by molar-refractivity contribution is 5.77. The molecule has 1 aliphatic carbocycles. The van der Waals surface area contributed by atoms with Crippen LogP contribution in [-0.4, -0.2) is 47.0 Å². The van der Waals surface area contributed by atoms with Gasteiger partial charge in [0.05, 0.1) is 0 Å². The van der Waals surface area contributed by atoms with Gasteiger partial charge in [-0.25, -0.2) is 9.97 Å². The third-order valence-electron chi connectivity index (χ3n) is 5.36. The number of amides is 1. The van der Waals surface area contributed by atoms with Crippen LogP contribution < -0.4 is 4.90 Å². The van der Waals surface area contributed by atoms with Crippen molar-refractivity contribution in [1.29, 1.82) is 0 Å². The number of aryl methyl sites for hydroxylation is 1. The molecule has 0 unspecified atom stereocenters. The standard InChI is InChI=1S/C20H24N4O/c25-19(15-17-8-7-16-5-1-2-6-18(16)17)23-11-4-12-24(14-13-23)20-21-9-3-10-22-20/h1-3,5-6,9-10,17H,4,7-8,11-15H2/t17-/m0/s1. The highest BCUT2D eigenvalue weighted by Gasteiger charge is 2.27. The topological polar surface area (TPSA) is 49.3 Å². The van der Waals surface area contributed by atoms with E-state index >= 15 is 0 Å². The lowest BCUT2D eigenvalue weighted by Crippen LogP contribution is -2.36. The minimum Gasteiger partial charge on any atom is -0.341 e. The van der Waals surface area contributed by atoms with E-state index in [0.717, 1.165) is 51.4 Å². The Hall–Kier alpha value is -2.43. The lowest BCUT2D eigenvalue weighted by Gasteiger charge is -2.23. The van der Waals surface area contributed by atoms with Crippen LogP contribution in [0.3, 0.4) is 0 Å². The molecule has 5 heteroatoms. The van der Waals surface area contributed by atoms with Crippen molar-refractivity contribution in [1.82, 2.24) is 14.9 Å². The number of rotatable bonds is 3. The Balaban J connectivity index is 1.37. The number of benzene rings is 1. The lowest BCUT2D eigenvalue weighted by atomic mass is 9.97. The summed E-state index contributed by atoms with van der Waals surface area (Å²) in [6.07, 6.45) is 7.35. The summed E-state index contributed by atoms with van der Waals surface area (Å²) in [5.74, 6) is 1.44. The van der Waals surface area contributed by atoms with Gasteiger partial charge in [-0.1, -0.05) is 24.3 Å². The normalized spacial score (nSPS) is 20.2. The molecule has 2 aliphatic rings. The molecule has 1 aliphatic heterocycles. The summed E-state index contributed by atoms with van der Waals surface area (Å²) >= 11 is 0. The molecular weight excluding hydrogens is 312 g/mol. The Labute approximate surface area is 148 Å². The summed E-state index contributed by atoms with van der Waals surface area (Å²) in [7, 11) is 0. The zero-order valence-electron chi connectivity index (χ0n) is 14.5. The van der Waals surface area contributed by atoms with Gasteiger partial charge in [0.2, 0.25) is 11.9 Å². The maximum absolute atomic E-state index is 12.8. The molecule has 4 rings (SSSR count). The van der Waals surface area contributed by atoms with Gasteiger partial charge in [0.25, 0.3) is 0 Å². The number of nitrogens with zero attached hydrogens (tertiary/aromatic N) is 4. The van der Waals surface area contributed by atoms with Gasteiger partial charge in [0.15, 0.2) is 0 Å². The van der Waals surface area contributed by atoms with Crippen molar-refractivity contribution in [2.24, 2.45) is 0 Å². The molecule has 1 saturated heterocycles. The van der Waals surface area contributed by atoms with Crippen molar-refractivity contribution in [2.75, 3.05) is 31.1 Å². The number of hydrogen-bond acceptors (Lipinski definition) is 4. The molecule has 1 amide bonds. The van der Waals surface area contributed by atoms with Gasteiger partial charge in [-0.15, -0.1) is 0 Å². The van der Waals surface area contributed by atoms with E-state index in [1.165, 1.54) is 11.1 Å². The zero-order chi connectivity index (χ0) is 17.1. The first-order chi connectivity index (χ1) is 12.3. The SMILES string of the molecule is O=C(C[C@@H]1CCc2ccccc21)N1CCCN(c2ncccn2)CC1. The molecular formula is C20H24N4O. The van der Waals surface area contributed by atoms with Crippen LogP contribution >= 0.6 is 0 Å². The summed E-state index contributed by atoms with van der Waals surface area (Å²) in [5, 5.41) is 0. The number of anilines is 1. The Bertz CT molecular complexity index is 733. The number of aromatic nitrogens is 2. The number of hydrogen-bond donors (Lipinski definition) is 0. The van der Waals surface area contributed by atoms with E-state index in [0.29, 0.717) is 12.3 Å². The molecule has 1 atom stereocenters. The summed E-state index contributed by atoms with van der Waals surface area (Å²) in [6, 6.07) is 10.4. The van der Waals surface area contributed by atoms with E-state index in [4.69, 9.17) is 0 Å². The van der Waals surface area contributed by atoms with E-state index in [9.17, 15) is 4.79 Å². The Morgan fingerprint density at radius 3 is 2.76 bits per heavy atom. The van der Waals surface area contributed by atoms with Crippen LogP contribution in [0.5, 0.6) is 0 Å². The highest BCUT2D eigenvalue weighted by atomic mass is 16.2. The first-order valence-corrected chi connectivity index (χ1v) is 9.19. The van der Waals surface area contributed by atoms with E-state index in [1.54, 1.807) is 12.4 Å². The molecule has 0 bridgehead atoms. The predicted octanol–water partition coefficient (Wildman–Crippen LogP) is 2.64. The molecule has 0 N–H and O–H groups in total. The van der Waals surface area contributed by atoms with Crippen LogP contribution in [0.15, 0.2) is 42.7 Å². The van der Waals surface area contributed by atoms with Crippen molar-refractivity contribution in [3.8, 4) is 0 Å². The summed E-state index contributed by atoms with van der Waals surface area (Å²) in [6.45, 7) is 3.29. The fraction of sp³-hybridized carbons (Fsp3) is 0.450. The van der Waals surface area contributed by atoms with Crippen molar-refractivity contribution >= 4 is 11.9 Å². The van der Waals surface area contributed by atoms with Crippen LogP contribution in [0.25, 0.3) is 0 Å². The first kappa shape index (κ1) is 16.1. The van der Waals surface area contributed by atoms with Crippen LogP contribution in [0.2, 0.25) is 0 Å². The van der Waals surface area contributed by atoms with E-state index < -0.39 is 0 Å². The van der Waals surface area contributed by atoms with Gasteiger partial charge in [-0.05, 0) is 42.4 Å². The second kappa shape index (κ2) is 7.21. The van der Waals surface area contributed by atoms with Gasteiger partial charge in [-0.2, -0.15) is 0 Å². The second-order valence-electron chi connectivity index (χ2n) is 6.91. The first-order valence-electron chi connectivity index (χ1n) is 9.19. The summed E-state index contributed by atoms with van der Waals surface area (Å²) in [5.41, 5.74) is 2.80. The van der Waals surface area contributed by atoms with Gasteiger partial charge in [-0.3, -0.25) is 4.79 Å². The molecule has 1 aromatic heterocycles. The van der Waals surface area contributed by atoms with Crippen LogP contribution in [0.4, 0.5) is 5.95 Å². The fourth-order valence-corrected chi connectivity index (χ4v) is 4.02. The number of carbonyl (C=O) groups is 1. The Kier molecular flexibility index (Phi) is 4.63. The third-order valence-corrected chi connectivity index (χ3v) is 5.36. The minimum atomic E-state index is 0.289. The summed E-state index contributed by atoms with van der Waals surface area (Å²) in [4.78, 5) is 25.7. The third kappa shape index (κ3) is 3.50. The van der Waals surface area contributed by atoms with Gasteiger partial charge >= 0.3 is 0 Å². The quantitative estimate of drug-likeness (QED) is 0.864. The molecule has 0 spiro atoms.